The van der Waals surface area contributed by atoms with Gasteiger partial charge in [-0.05, 0) is 17.5 Å². The number of alkyl halides is 1. The van der Waals surface area contributed by atoms with Crippen LogP contribution in [-0.2, 0) is 27.5 Å². The smallest absolute Gasteiger partial charge is 0.410 e. The molecule has 6 heteroatoms. The van der Waals surface area contributed by atoms with Crippen molar-refractivity contribution in [1.82, 2.24) is 4.90 Å². The molecule has 2 atom stereocenters. The highest BCUT2D eigenvalue weighted by atomic mass is 127. The maximum atomic E-state index is 12.5. The van der Waals surface area contributed by atoms with Gasteiger partial charge in [0.05, 0.1) is 0 Å². The molecule has 1 amide bonds. The first-order valence-corrected chi connectivity index (χ1v) is 9.70. The Hall–Kier alpha value is -2.09. The number of halogens is 1. The Balaban J connectivity index is 1.56. The van der Waals surface area contributed by atoms with E-state index in [-0.39, 0.29) is 23.1 Å². The summed E-state index contributed by atoms with van der Waals surface area (Å²) in [7, 11) is 0. The Labute approximate surface area is 166 Å². The van der Waals surface area contributed by atoms with Gasteiger partial charge in [-0.1, -0.05) is 83.3 Å². The minimum absolute atomic E-state index is 0.188. The van der Waals surface area contributed by atoms with Crippen molar-refractivity contribution in [2.45, 2.75) is 29.6 Å². The van der Waals surface area contributed by atoms with E-state index >= 15 is 0 Å². The maximum absolute atomic E-state index is 12.5. The van der Waals surface area contributed by atoms with Crippen LogP contribution in [0.15, 0.2) is 60.7 Å². The lowest BCUT2D eigenvalue weighted by atomic mass is 10.2. The van der Waals surface area contributed by atoms with E-state index < -0.39 is 12.1 Å². The number of ether oxygens (including phenoxy) is 2. The Bertz CT molecular complexity index is 674. The van der Waals surface area contributed by atoms with Gasteiger partial charge in [0.2, 0.25) is 0 Å². The third-order valence-corrected chi connectivity index (χ3v) is 5.09. The highest BCUT2D eigenvalue weighted by molar-refractivity contribution is 14.1. The summed E-state index contributed by atoms with van der Waals surface area (Å²) in [6.07, 6.45) is 0.101. The summed E-state index contributed by atoms with van der Waals surface area (Å²) < 4.78 is 11.0. The first kappa shape index (κ1) is 18.7. The highest BCUT2D eigenvalue weighted by Gasteiger charge is 2.40. The van der Waals surface area contributed by atoms with E-state index in [0.29, 0.717) is 13.0 Å². The van der Waals surface area contributed by atoms with E-state index in [1.54, 1.807) is 0 Å². The molecule has 1 heterocycles. The van der Waals surface area contributed by atoms with Crippen molar-refractivity contribution in [3.63, 3.8) is 0 Å². The number of rotatable bonds is 5. The fourth-order valence-corrected chi connectivity index (χ4v) is 3.74. The Morgan fingerprint density at radius 2 is 1.46 bits per heavy atom. The largest absolute Gasteiger partial charge is 0.459 e. The molecule has 0 bridgehead atoms. The van der Waals surface area contributed by atoms with Gasteiger partial charge in [-0.15, -0.1) is 0 Å². The molecular weight excluding hydrogens is 445 g/mol. The lowest BCUT2D eigenvalue weighted by molar-refractivity contribution is -0.149. The first-order chi connectivity index (χ1) is 12.6. The predicted molar refractivity (Wildman–Crippen MR) is 106 cm³/mol. The Morgan fingerprint density at radius 3 is 2.04 bits per heavy atom. The second-order valence-electron chi connectivity index (χ2n) is 6.13. The quantitative estimate of drug-likeness (QED) is 0.382. The highest BCUT2D eigenvalue weighted by Crippen LogP contribution is 2.26. The van der Waals surface area contributed by atoms with E-state index in [2.05, 4.69) is 22.6 Å². The van der Waals surface area contributed by atoms with Crippen LogP contribution >= 0.6 is 22.6 Å². The van der Waals surface area contributed by atoms with Gasteiger partial charge < -0.3 is 9.47 Å². The average molecular weight is 465 g/mol. The van der Waals surface area contributed by atoms with Crippen LogP contribution in [0.4, 0.5) is 4.79 Å². The predicted octanol–water partition coefficient (Wildman–Crippen LogP) is 3.94. The van der Waals surface area contributed by atoms with Crippen LogP contribution in [0.1, 0.15) is 17.5 Å². The molecule has 1 saturated heterocycles. The molecule has 1 aliphatic rings. The summed E-state index contributed by atoms with van der Waals surface area (Å²) in [5.41, 5.74) is 1.83. The van der Waals surface area contributed by atoms with Crippen molar-refractivity contribution in [3.8, 4) is 0 Å². The van der Waals surface area contributed by atoms with E-state index in [1.165, 1.54) is 4.90 Å². The Kier molecular flexibility index (Phi) is 6.49. The summed E-state index contributed by atoms with van der Waals surface area (Å²) in [5.74, 6) is -0.385. The van der Waals surface area contributed by atoms with Crippen LogP contribution in [-0.4, -0.2) is 33.5 Å². The Morgan fingerprint density at radius 1 is 0.923 bits per heavy atom. The number of carbonyl (C=O) groups is 2. The molecule has 1 aliphatic heterocycles. The van der Waals surface area contributed by atoms with E-state index in [0.717, 1.165) is 11.1 Å². The number of likely N-dealkylation sites (tertiary alicyclic amines) is 1. The van der Waals surface area contributed by atoms with Crippen LogP contribution in [0, 0.1) is 0 Å². The molecule has 0 radical (unpaired) electrons. The van der Waals surface area contributed by atoms with Crippen molar-refractivity contribution in [2.75, 3.05) is 6.54 Å². The van der Waals surface area contributed by atoms with Crippen LogP contribution in [0.5, 0.6) is 0 Å². The number of amides is 1. The standard InChI is InChI=1S/C20H20INO4/c21-17-11-18(19(23)25-13-15-7-3-1-4-8-15)22(12-17)20(24)26-14-16-9-5-2-6-10-16/h1-10,17-18H,11-14H2/t17-,18-/m0/s1. The molecule has 0 saturated carbocycles. The zero-order valence-electron chi connectivity index (χ0n) is 14.2. The van der Waals surface area contributed by atoms with Gasteiger partial charge in [0.15, 0.2) is 0 Å². The number of nitrogens with zero attached hydrogens (tertiary/aromatic N) is 1. The van der Waals surface area contributed by atoms with Crippen LogP contribution in [0.2, 0.25) is 0 Å². The van der Waals surface area contributed by atoms with Crippen LogP contribution in [0.25, 0.3) is 0 Å². The number of benzene rings is 2. The van der Waals surface area contributed by atoms with Gasteiger partial charge >= 0.3 is 12.1 Å². The topological polar surface area (TPSA) is 55.8 Å². The van der Waals surface area contributed by atoms with Crippen molar-refractivity contribution >= 4 is 34.7 Å². The summed E-state index contributed by atoms with van der Waals surface area (Å²) in [6, 6.07) is 18.4. The monoisotopic (exact) mass is 465 g/mol. The van der Waals surface area contributed by atoms with Gasteiger partial charge in [0.25, 0.3) is 0 Å². The zero-order valence-corrected chi connectivity index (χ0v) is 16.4. The van der Waals surface area contributed by atoms with Crippen molar-refractivity contribution < 1.29 is 19.1 Å². The molecule has 0 unspecified atom stereocenters. The molecule has 2 aromatic rings. The minimum Gasteiger partial charge on any atom is -0.459 e. The SMILES string of the molecule is O=C(OCc1ccccc1)[C@@H]1C[C@H](I)CN1C(=O)OCc1ccccc1. The summed E-state index contributed by atoms with van der Waals surface area (Å²) in [6.45, 7) is 0.877. The number of hydrogen-bond donors (Lipinski definition) is 0. The number of hydrogen-bond acceptors (Lipinski definition) is 4. The van der Waals surface area contributed by atoms with Crippen molar-refractivity contribution in [2.24, 2.45) is 0 Å². The molecule has 2 aromatic carbocycles. The molecule has 3 rings (SSSR count). The first-order valence-electron chi connectivity index (χ1n) is 8.45. The molecular formula is C20H20INO4. The van der Waals surface area contributed by atoms with Gasteiger partial charge in [-0.25, -0.2) is 9.59 Å². The summed E-state index contributed by atoms with van der Waals surface area (Å²) in [5, 5.41) is 0. The van der Waals surface area contributed by atoms with Crippen molar-refractivity contribution in [3.05, 3.63) is 71.8 Å². The van der Waals surface area contributed by atoms with Gasteiger partial charge in [0.1, 0.15) is 19.3 Å². The third kappa shape index (κ3) is 4.97. The molecule has 26 heavy (non-hydrogen) atoms. The normalized spacial score (nSPS) is 19.2. The second-order valence-corrected chi connectivity index (χ2v) is 7.90. The zero-order chi connectivity index (χ0) is 18.4. The molecule has 0 N–H and O–H groups in total. The fourth-order valence-electron chi connectivity index (χ4n) is 2.84. The van der Waals surface area contributed by atoms with Crippen LogP contribution < -0.4 is 0 Å². The molecule has 0 aromatic heterocycles. The van der Waals surface area contributed by atoms with E-state index in [1.807, 2.05) is 60.7 Å². The number of carbonyl (C=O) groups excluding carboxylic acids is 2. The molecule has 0 spiro atoms. The van der Waals surface area contributed by atoms with Gasteiger partial charge in [-0.2, -0.15) is 0 Å². The molecule has 0 aliphatic carbocycles. The van der Waals surface area contributed by atoms with Gasteiger partial charge in [0, 0.05) is 10.5 Å². The lowest BCUT2D eigenvalue weighted by Crippen LogP contribution is -2.41. The average Bonchev–Trinajstić information content (AvgIpc) is 3.08. The van der Waals surface area contributed by atoms with Gasteiger partial charge in [-0.3, -0.25) is 4.90 Å². The van der Waals surface area contributed by atoms with Crippen LogP contribution in [0.3, 0.4) is 0 Å². The van der Waals surface area contributed by atoms with E-state index in [4.69, 9.17) is 9.47 Å². The summed E-state index contributed by atoms with van der Waals surface area (Å²) >= 11 is 2.25. The fraction of sp³-hybridized carbons (Fsp3) is 0.300. The molecule has 5 nitrogen and oxygen atoms in total. The molecule has 136 valence electrons. The van der Waals surface area contributed by atoms with E-state index in [9.17, 15) is 9.59 Å². The second kappa shape index (κ2) is 9.02. The lowest BCUT2D eigenvalue weighted by Gasteiger charge is -2.22. The third-order valence-electron chi connectivity index (χ3n) is 4.19. The summed E-state index contributed by atoms with van der Waals surface area (Å²) in [4.78, 5) is 26.4. The van der Waals surface area contributed by atoms with Crippen molar-refractivity contribution in [1.29, 1.82) is 0 Å². The molecule has 1 fully saturated rings. The maximum Gasteiger partial charge on any atom is 0.410 e. The minimum atomic E-state index is -0.594. The number of esters is 1.